The zero-order valence-corrected chi connectivity index (χ0v) is 7.58. The van der Waals surface area contributed by atoms with Crippen LogP contribution in [-0.2, 0) is 11.0 Å². The normalized spacial score (nSPS) is 11.1. The van der Waals surface area contributed by atoms with Crippen molar-refractivity contribution in [2.45, 2.75) is 6.18 Å². The average molecular weight is 222 g/mol. The number of carbonyl (C=O) groups excluding carboxylic acids is 1. The van der Waals surface area contributed by atoms with Crippen LogP contribution in [-0.4, -0.2) is 10.9 Å². The van der Waals surface area contributed by atoms with Crippen LogP contribution in [0.15, 0.2) is 18.0 Å². The molecule has 7 heteroatoms. The molecule has 0 spiro atoms. The summed E-state index contributed by atoms with van der Waals surface area (Å²) in [4.78, 5) is 13.9. The molecule has 14 heavy (non-hydrogen) atoms. The Morgan fingerprint density at radius 1 is 1.64 bits per heavy atom. The standard InChI is InChI=1S/C7H5F3N2OS/c1-2-5(13)12-6-11-4(3-14-6)7(8,9)10/h2-3H,1H2,(H,11,12,13). The highest BCUT2D eigenvalue weighted by Crippen LogP contribution is 2.31. The molecule has 1 amide bonds. The average Bonchev–Trinajstić information content (AvgIpc) is 2.51. The van der Waals surface area contributed by atoms with Crippen LogP contribution in [0.2, 0.25) is 0 Å². The number of aromatic nitrogens is 1. The molecule has 1 N–H and O–H groups in total. The maximum Gasteiger partial charge on any atom is 0.434 e. The SMILES string of the molecule is C=CC(=O)Nc1nc(C(F)(F)F)cs1. The number of halogens is 3. The van der Waals surface area contributed by atoms with E-state index in [0.29, 0.717) is 11.3 Å². The minimum atomic E-state index is -4.48. The molecule has 0 aliphatic heterocycles. The van der Waals surface area contributed by atoms with E-state index in [0.717, 1.165) is 11.5 Å². The number of thiazole rings is 1. The molecule has 1 rings (SSSR count). The van der Waals surface area contributed by atoms with Gasteiger partial charge in [-0.2, -0.15) is 13.2 Å². The number of hydrogen-bond donors (Lipinski definition) is 1. The van der Waals surface area contributed by atoms with E-state index < -0.39 is 17.8 Å². The van der Waals surface area contributed by atoms with Crippen molar-refractivity contribution in [3.05, 3.63) is 23.7 Å². The van der Waals surface area contributed by atoms with Gasteiger partial charge in [0.05, 0.1) is 0 Å². The van der Waals surface area contributed by atoms with Gasteiger partial charge in [0.15, 0.2) is 10.8 Å². The largest absolute Gasteiger partial charge is 0.434 e. The summed E-state index contributed by atoms with van der Waals surface area (Å²) < 4.78 is 36.1. The number of alkyl halides is 3. The van der Waals surface area contributed by atoms with Gasteiger partial charge in [0, 0.05) is 5.38 Å². The summed E-state index contributed by atoms with van der Waals surface area (Å²) in [5.41, 5.74) is -1.01. The number of amides is 1. The maximum absolute atomic E-state index is 12.0. The first-order chi connectivity index (χ1) is 6.43. The zero-order valence-electron chi connectivity index (χ0n) is 6.76. The molecule has 0 aliphatic rings. The third-order valence-corrected chi connectivity index (χ3v) is 1.97. The van der Waals surface area contributed by atoms with Crippen LogP contribution >= 0.6 is 11.3 Å². The zero-order chi connectivity index (χ0) is 10.8. The second-order valence-corrected chi connectivity index (χ2v) is 3.09. The van der Waals surface area contributed by atoms with Gasteiger partial charge < -0.3 is 0 Å². The molecule has 0 radical (unpaired) electrons. The summed E-state index contributed by atoms with van der Waals surface area (Å²) in [5, 5.41) is 2.87. The van der Waals surface area contributed by atoms with Crippen LogP contribution in [0.3, 0.4) is 0 Å². The van der Waals surface area contributed by atoms with Crippen molar-refractivity contribution in [2.24, 2.45) is 0 Å². The van der Waals surface area contributed by atoms with E-state index in [2.05, 4.69) is 16.9 Å². The second-order valence-electron chi connectivity index (χ2n) is 2.23. The Morgan fingerprint density at radius 3 is 2.71 bits per heavy atom. The van der Waals surface area contributed by atoms with Gasteiger partial charge in [-0.1, -0.05) is 6.58 Å². The summed E-state index contributed by atoms with van der Waals surface area (Å²) in [7, 11) is 0. The highest BCUT2D eigenvalue weighted by atomic mass is 32.1. The number of hydrogen-bond acceptors (Lipinski definition) is 3. The molecule has 1 aromatic heterocycles. The molecular weight excluding hydrogens is 217 g/mol. The van der Waals surface area contributed by atoms with Crippen LogP contribution in [0.5, 0.6) is 0 Å². The summed E-state index contributed by atoms with van der Waals surface area (Å²) in [6.45, 7) is 3.15. The van der Waals surface area contributed by atoms with Crippen molar-refractivity contribution in [2.75, 3.05) is 5.32 Å². The monoisotopic (exact) mass is 222 g/mol. The Bertz CT molecular complexity index is 358. The fourth-order valence-corrected chi connectivity index (χ4v) is 1.34. The van der Waals surface area contributed by atoms with Crippen molar-refractivity contribution >= 4 is 22.4 Å². The highest BCUT2D eigenvalue weighted by Gasteiger charge is 2.33. The van der Waals surface area contributed by atoms with Gasteiger partial charge in [0.2, 0.25) is 5.91 Å². The van der Waals surface area contributed by atoms with E-state index in [-0.39, 0.29) is 5.13 Å². The molecule has 0 unspecified atom stereocenters. The maximum atomic E-state index is 12.0. The minimum Gasteiger partial charge on any atom is -0.298 e. The van der Waals surface area contributed by atoms with E-state index >= 15 is 0 Å². The van der Waals surface area contributed by atoms with E-state index in [1.54, 1.807) is 0 Å². The van der Waals surface area contributed by atoms with Crippen LogP contribution in [0.25, 0.3) is 0 Å². The van der Waals surface area contributed by atoms with Gasteiger partial charge in [-0.15, -0.1) is 11.3 Å². The molecule has 0 aromatic carbocycles. The van der Waals surface area contributed by atoms with Crippen molar-refractivity contribution in [3.8, 4) is 0 Å². The third-order valence-electron chi connectivity index (χ3n) is 1.21. The van der Waals surface area contributed by atoms with E-state index in [1.807, 2.05) is 0 Å². The van der Waals surface area contributed by atoms with Crippen LogP contribution in [0, 0.1) is 0 Å². The first-order valence-electron chi connectivity index (χ1n) is 3.39. The lowest BCUT2D eigenvalue weighted by molar-refractivity contribution is -0.140. The molecule has 0 fully saturated rings. The molecule has 0 atom stereocenters. The predicted molar refractivity (Wildman–Crippen MR) is 45.9 cm³/mol. The van der Waals surface area contributed by atoms with Crippen LogP contribution < -0.4 is 5.32 Å². The predicted octanol–water partition coefficient (Wildman–Crippen LogP) is 2.29. The van der Waals surface area contributed by atoms with Crippen LogP contribution in [0.4, 0.5) is 18.3 Å². The fourth-order valence-electron chi connectivity index (χ4n) is 0.618. The molecule has 0 saturated heterocycles. The summed E-state index contributed by atoms with van der Waals surface area (Å²) >= 11 is 0.709. The number of nitrogens with zero attached hydrogens (tertiary/aromatic N) is 1. The van der Waals surface area contributed by atoms with Gasteiger partial charge >= 0.3 is 6.18 Å². The van der Waals surface area contributed by atoms with E-state index in [1.165, 1.54) is 0 Å². The summed E-state index contributed by atoms with van der Waals surface area (Å²) in [5.74, 6) is -0.590. The topological polar surface area (TPSA) is 42.0 Å². The number of nitrogens with one attached hydrogen (secondary N) is 1. The van der Waals surface area contributed by atoms with Gasteiger partial charge in [0.1, 0.15) is 0 Å². The number of rotatable bonds is 2. The van der Waals surface area contributed by atoms with E-state index in [4.69, 9.17) is 0 Å². The van der Waals surface area contributed by atoms with Crippen LogP contribution in [0.1, 0.15) is 5.69 Å². The lowest BCUT2D eigenvalue weighted by Crippen LogP contribution is -2.09. The van der Waals surface area contributed by atoms with Crippen molar-refractivity contribution < 1.29 is 18.0 Å². The van der Waals surface area contributed by atoms with Gasteiger partial charge in [-0.3, -0.25) is 10.1 Å². The molecule has 76 valence electrons. The van der Waals surface area contributed by atoms with Gasteiger partial charge in [-0.25, -0.2) is 4.98 Å². The molecule has 0 aliphatic carbocycles. The van der Waals surface area contributed by atoms with Crippen molar-refractivity contribution in [1.29, 1.82) is 0 Å². The van der Waals surface area contributed by atoms with Crippen molar-refractivity contribution in [1.82, 2.24) is 4.98 Å². The Hall–Kier alpha value is -1.37. The highest BCUT2D eigenvalue weighted by molar-refractivity contribution is 7.14. The first-order valence-corrected chi connectivity index (χ1v) is 4.27. The lowest BCUT2D eigenvalue weighted by atomic mass is 10.5. The molecule has 1 heterocycles. The summed E-state index contributed by atoms with van der Waals surface area (Å²) in [6.07, 6.45) is -3.53. The van der Waals surface area contributed by atoms with Crippen molar-refractivity contribution in [3.63, 3.8) is 0 Å². The Labute approximate surface area is 81.3 Å². The molecular formula is C7H5F3N2OS. The quantitative estimate of drug-likeness (QED) is 0.780. The number of anilines is 1. The fraction of sp³-hybridized carbons (Fsp3) is 0.143. The minimum absolute atomic E-state index is 0.0952. The second kappa shape index (κ2) is 3.79. The molecule has 1 aromatic rings. The summed E-state index contributed by atoms with van der Waals surface area (Å²) in [6, 6.07) is 0. The number of carbonyl (C=O) groups is 1. The smallest absolute Gasteiger partial charge is 0.298 e. The first kappa shape index (κ1) is 10.7. The molecule has 0 saturated carbocycles. The Kier molecular flexibility index (Phi) is 2.90. The molecule has 3 nitrogen and oxygen atoms in total. The van der Waals surface area contributed by atoms with E-state index in [9.17, 15) is 18.0 Å². The third kappa shape index (κ3) is 2.56. The Morgan fingerprint density at radius 2 is 2.29 bits per heavy atom. The van der Waals surface area contributed by atoms with Gasteiger partial charge in [0.25, 0.3) is 0 Å². The lowest BCUT2D eigenvalue weighted by Gasteiger charge is -1.99. The van der Waals surface area contributed by atoms with Gasteiger partial charge in [-0.05, 0) is 6.08 Å². The molecule has 0 bridgehead atoms. The Balaban J connectivity index is 2.78.